The van der Waals surface area contributed by atoms with Crippen LogP contribution in [0.5, 0.6) is 0 Å². The summed E-state index contributed by atoms with van der Waals surface area (Å²) in [5.74, 6) is 0. The van der Waals surface area contributed by atoms with Gasteiger partial charge < -0.3 is 19.6 Å². The normalized spacial score (nSPS) is 18.7. The number of hydrogen-bond donors (Lipinski definition) is 0. The van der Waals surface area contributed by atoms with Crippen molar-refractivity contribution >= 4 is 0 Å². The van der Waals surface area contributed by atoms with E-state index in [9.17, 15) is 0 Å². The second-order valence-electron chi connectivity index (χ2n) is 45.8. The Morgan fingerprint density at radius 2 is 0.528 bits per heavy atom. The van der Waals surface area contributed by atoms with Crippen LogP contribution in [0.3, 0.4) is 0 Å². The van der Waals surface area contributed by atoms with Crippen LogP contribution in [0.2, 0.25) is 0 Å². The molecule has 1 saturated carbocycles. The van der Waals surface area contributed by atoms with E-state index in [-0.39, 0.29) is 5.41 Å². The van der Waals surface area contributed by atoms with E-state index in [1.165, 1.54) is 303 Å². The van der Waals surface area contributed by atoms with Crippen LogP contribution in [0.1, 0.15) is 386 Å². The molecule has 0 unspecified atom stereocenters. The standard InChI is InChI=1S/C21H41N5.C20H36N2.C19H40N2.C18H38N2.C17H36N2/c1-20(2,3)17-19-18-26(23-22-19)12-10-8-7-9-11-24-13-15-25(16-14-24)21(4,5)6;1-18(2,3)11-9-7-8-10-14-22-16-17(15-21-22)20(12-13-20)19(4,5)6;1-18(2,3)12-10-8-7-9-11-13-20-14-16-21(17-15-20)19(4,5)6;1-17(2,3)11-9-7-8-10-12-19-13-15-20(16-14-19)18(4,5)6;1-16(2,3)10-8-7-9-11-18-12-14-19(15-13-18)17(4,5)6/h18H,7-17H2,1-6H3;15-16H,7-14H2,1-6H3;7-17H2,1-6H3;7-16H2,1-6H3;7-15H2,1-6H3. The van der Waals surface area contributed by atoms with Crippen LogP contribution in [-0.4, -0.2) is 217 Å². The minimum atomic E-state index is 0.277. The second-order valence-corrected chi connectivity index (χ2v) is 45.8. The van der Waals surface area contributed by atoms with Crippen molar-refractivity contribution in [3.63, 3.8) is 0 Å². The number of nitrogens with zero attached hydrogens (tertiary/aromatic N) is 13. The van der Waals surface area contributed by atoms with Crippen LogP contribution in [0.15, 0.2) is 18.6 Å². The van der Waals surface area contributed by atoms with Gasteiger partial charge in [-0.05, 0) is 231 Å². The van der Waals surface area contributed by atoms with Gasteiger partial charge >= 0.3 is 0 Å². The van der Waals surface area contributed by atoms with Gasteiger partial charge in [-0.3, -0.25) is 29.0 Å². The lowest BCUT2D eigenvalue weighted by Crippen LogP contribution is -2.53. The molecule has 2 aromatic rings. The first-order chi connectivity index (χ1) is 49.8. The summed E-state index contributed by atoms with van der Waals surface area (Å²) in [6, 6.07) is 0. The van der Waals surface area contributed by atoms with E-state index >= 15 is 0 Å². The van der Waals surface area contributed by atoms with Crippen LogP contribution in [0.4, 0.5) is 0 Å². The van der Waals surface area contributed by atoms with Crippen molar-refractivity contribution in [2.45, 2.75) is 422 Å². The Balaban J connectivity index is 0.000000352. The summed E-state index contributed by atoms with van der Waals surface area (Å²) in [5, 5.41) is 13.2. The third-order valence-electron chi connectivity index (χ3n) is 24.1. The van der Waals surface area contributed by atoms with Gasteiger partial charge in [0.2, 0.25) is 0 Å². The van der Waals surface area contributed by atoms with Gasteiger partial charge in [-0.15, -0.1) is 5.10 Å². The topological polar surface area (TPSA) is 74.5 Å². The Labute approximate surface area is 675 Å². The lowest BCUT2D eigenvalue weighted by atomic mass is 9.74. The van der Waals surface area contributed by atoms with E-state index in [0.29, 0.717) is 54.6 Å². The fourth-order valence-corrected chi connectivity index (χ4v) is 16.2. The predicted octanol–water partition coefficient (Wildman–Crippen LogP) is 23.0. The molecule has 13 nitrogen and oxygen atoms in total. The van der Waals surface area contributed by atoms with E-state index in [1.807, 2.05) is 4.68 Å². The first-order valence-electron chi connectivity index (χ1n) is 45.6. The molecule has 0 aromatic carbocycles. The third-order valence-corrected chi connectivity index (χ3v) is 24.1. The van der Waals surface area contributed by atoms with Crippen molar-refractivity contribution in [3.05, 3.63) is 29.8 Å². The van der Waals surface area contributed by atoms with E-state index in [2.05, 4.69) is 286 Å². The average molecular weight is 1520 g/mol. The lowest BCUT2D eigenvalue weighted by Gasteiger charge is -2.42. The van der Waals surface area contributed by atoms with Crippen LogP contribution in [-0.2, 0) is 24.9 Å². The van der Waals surface area contributed by atoms with Crippen molar-refractivity contribution < 1.29 is 0 Å². The zero-order valence-corrected chi connectivity index (χ0v) is 78.7. The Kier molecular flexibility index (Phi) is 43.9. The van der Waals surface area contributed by atoms with E-state index in [0.717, 1.165) is 25.2 Å². The molecule has 4 saturated heterocycles. The molecular formula is C95H191N13. The Hall–Kier alpha value is -1.97. The summed E-state index contributed by atoms with van der Waals surface area (Å²) in [4.78, 5) is 21.1. The van der Waals surface area contributed by atoms with Gasteiger partial charge in [-0.25, -0.2) is 0 Å². The summed E-state index contributed by atoms with van der Waals surface area (Å²) in [6.07, 6.45) is 43.0. The smallest absolute Gasteiger partial charge is 0.0832 e. The zero-order valence-electron chi connectivity index (χ0n) is 78.7. The maximum Gasteiger partial charge on any atom is 0.0832 e. The predicted molar refractivity (Wildman–Crippen MR) is 475 cm³/mol. The van der Waals surface area contributed by atoms with Crippen LogP contribution >= 0.6 is 0 Å². The Morgan fingerprint density at radius 3 is 0.778 bits per heavy atom. The largest absolute Gasteiger partial charge is 0.301 e. The van der Waals surface area contributed by atoms with Gasteiger partial charge in [0.15, 0.2) is 0 Å². The molecule has 13 heteroatoms. The molecule has 5 fully saturated rings. The highest BCUT2D eigenvalue weighted by Gasteiger charge is 2.53. The summed E-state index contributed by atoms with van der Waals surface area (Å²) in [5.41, 5.74) is 7.01. The lowest BCUT2D eigenvalue weighted by molar-refractivity contribution is 0.0614. The molecule has 0 radical (unpaired) electrons. The summed E-state index contributed by atoms with van der Waals surface area (Å²) in [6.45, 7) is 97.1. The number of rotatable bonds is 33. The van der Waals surface area contributed by atoms with Crippen molar-refractivity contribution in [2.24, 2.45) is 32.5 Å². The molecule has 0 atom stereocenters. The first-order valence-corrected chi connectivity index (χ1v) is 45.6. The van der Waals surface area contributed by atoms with E-state index in [4.69, 9.17) is 0 Å². The quantitative estimate of drug-likeness (QED) is 0.0642. The number of aryl methyl sites for hydroxylation is 2. The summed E-state index contributed by atoms with van der Waals surface area (Å²) >= 11 is 0. The third kappa shape index (κ3) is 46.5. The molecule has 6 heterocycles. The molecule has 0 N–H and O–H groups in total. The van der Waals surface area contributed by atoms with E-state index < -0.39 is 0 Å². The molecule has 636 valence electrons. The molecule has 0 bridgehead atoms. The van der Waals surface area contributed by atoms with Gasteiger partial charge in [0, 0.05) is 158 Å². The maximum absolute atomic E-state index is 4.61. The van der Waals surface area contributed by atoms with Gasteiger partial charge in [-0.1, -0.05) is 220 Å². The van der Waals surface area contributed by atoms with Crippen LogP contribution in [0.25, 0.3) is 0 Å². The van der Waals surface area contributed by atoms with Crippen molar-refractivity contribution in [3.8, 4) is 0 Å². The highest BCUT2D eigenvalue weighted by atomic mass is 15.4. The Bertz CT molecular complexity index is 2540. The molecule has 0 amide bonds. The van der Waals surface area contributed by atoms with Crippen LogP contribution in [0, 0.1) is 32.5 Å². The first kappa shape index (κ1) is 100. The summed E-state index contributed by atoms with van der Waals surface area (Å²) in [7, 11) is 0. The fraction of sp³-hybridized carbons (Fsp3) is 0.947. The highest BCUT2D eigenvalue weighted by molar-refractivity contribution is 5.30. The van der Waals surface area contributed by atoms with Crippen molar-refractivity contribution in [1.29, 1.82) is 0 Å². The zero-order chi connectivity index (χ0) is 81.3. The van der Waals surface area contributed by atoms with Crippen molar-refractivity contribution in [1.82, 2.24) is 64.0 Å². The minimum Gasteiger partial charge on any atom is -0.301 e. The average Bonchev–Trinajstić information content (AvgIpc) is 1.58. The number of piperazine rings is 4. The molecule has 4 aliphatic heterocycles. The minimum absolute atomic E-state index is 0.277. The highest BCUT2D eigenvalue weighted by Crippen LogP contribution is 2.59. The molecule has 2 aromatic heterocycles. The number of unbranched alkanes of at least 4 members (excludes halogenated alkanes) is 15. The van der Waals surface area contributed by atoms with Crippen LogP contribution < -0.4 is 0 Å². The second kappa shape index (κ2) is 47.3. The summed E-state index contributed by atoms with van der Waals surface area (Å²) < 4.78 is 4.19. The molecule has 5 aliphatic rings. The van der Waals surface area contributed by atoms with E-state index in [1.54, 1.807) is 0 Å². The number of aromatic nitrogens is 5. The molecule has 1 aliphatic carbocycles. The Morgan fingerprint density at radius 1 is 0.278 bits per heavy atom. The van der Waals surface area contributed by atoms with Gasteiger partial charge in [0.25, 0.3) is 0 Å². The number of hydrogen-bond acceptors (Lipinski definition) is 11. The van der Waals surface area contributed by atoms with Crippen molar-refractivity contribution in [2.75, 3.05) is 131 Å². The SMILES string of the molecule is CC(C)(C)CCCCCCCN1CCN(C(C)(C)C)CC1.CC(C)(C)CCCCCCN1CCN(C(C)(C)C)CC1.CC(C)(C)CCCCCCn1cc(C2(C(C)(C)C)CC2)cn1.CC(C)(C)CCCCCN1CCN(C(C)(C)C)CC1.CC(C)(C)Cc1cn(CCCCCCN2CCN(C(C)(C)C)CC2)nn1. The maximum atomic E-state index is 4.61. The molecule has 7 rings (SSSR count). The van der Waals surface area contributed by atoms with Gasteiger partial charge in [0.1, 0.15) is 0 Å². The molecule has 0 spiro atoms. The van der Waals surface area contributed by atoms with Gasteiger partial charge in [0.05, 0.1) is 11.9 Å². The van der Waals surface area contributed by atoms with Gasteiger partial charge in [-0.2, -0.15) is 5.10 Å². The fourth-order valence-electron chi connectivity index (χ4n) is 16.2. The molecule has 108 heavy (non-hydrogen) atoms. The molecular weight excluding hydrogens is 1320 g/mol. The monoisotopic (exact) mass is 1510 g/mol.